The molecular formula is C12H15N3. The van der Waals surface area contributed by atoms with E-state index >= 15 is 0 Å². The van der Waals surface area contributed by atoms with E-state index in [9.17, 15) is 0 Å². The van der Waals surface area contributed by atoms with Crippen molar-refractivity contribution in [1.29, 1.82) is 0 Å². The largest absolute Gasteiger partial charge is 0.382 e. The van der Waals surface area contributed by atoms with Crippen LogP contribution in [0, 0.1) is 6.92 Å². The predicted molar refractivity (Wildman–Crippen MR) is 62.6 cm³/mol. The molecule has 3 N–H and O–H groups in total. The molecule has 15 heavy (non-hydrogen) atoms. The van der Waals surface area contributed by atoms with Crippen LogP contribution in [-0.2, 0) is 6.42 Å². The normalized spacial score (nSPS) is 10.5. The highest BCUT2D eigenvalue weighted by molar-refractivity contribution is 5.70. The molecule has 0 amide bonds. The maximum Gasteiger partial charge on any atom is 0.148 e. The standard InChI is InChI=1S/C12H15N3/c1-3-9-6-4-5-7-10(9)11-8(2)12(13)15-14-11/h4-7H,3H2,1-2H3,(H3,13,14,15). The number of aromatic amines is 1. The second-order valence-electron chi connectivity index (χ2n) is 3.62. The lowest BCUT2D eigenvalue weighted by molar-refractivity contribution is 1.09. The molecule has 78 valence electrons. The minimum atomic E-state index is 0.580. The Balaban J connectivity index is 2.58. The summed E-state index contributed by atoms with van der Waals surface area (Å²) in [6, 6.07) is 8.31. The average Bonchev–Trinajstić information content (AvgIpc) is 2.60. The number of nitrogens with zero attached hydrogens (tertiary/aromatic N) is 1. The summed E-state index contributed by atoms with van der Waals surface area (Å²) in [6.45, 7) is 4.13. The third-order valence-electron chi connectivity index (χ3n) is 2.71. The number of nitrogen functional groups attached to an aromatic ring is 1. The number of anilines is 1. The second kappa shape index (κ2) is 3.77. The van der Waals surface area contributed by atoms with Crippen molar-refractivity contribution in [3.8, 4) is 11.3 Å². The molecule has 0 spiro atoms. The van der Waals surface area contributed by atoms with Crippen molar-refractivity contribution < 1.29 is 0 Å². The summed E-state index contributed by atoms with van der Waals surface area (Å²) in [5.74, 6) is 0.580. The van der Waals surface area contributed by atoms with E-state index in [4.69, 9.17) is 5.73 Å². The van der Waals surface area contributed by atoms with Crippen molar-refractivity contribution in [2.75, 3.05) is 5.73 Å². The number of aryl methyl sites for hydroxylation is 1. The average molecular weight is 201 g/mol. The van der Waals surface area contributed by atoms with Crippen LogP contribution in [0.4, 0.5) is 5.82 Å². The van der Waals surface area contributed by atoms with Crippen LogP contribution < -0.4 is 5.73 Å². The van der Waals surface area contributed by atoms with Gasteiger partial charge in [0, 0.05) is 11.1 Å². The van der Waals surface area contributed by atoms with E-state index in [2.05, 4.69) is 35.3 Å². The van der Waals surface area contributed by atoms with Crippen molar-refractivity contribution in [2.24, 2.45) is 0 Å². The highest BCUT2D eigenvalue weighted by Gasteiger charge is 2.10. The number of hydrogen-bond donors (Lipinski definition) is 2. The number of rotatable bonds is 2. The zero-order valence-electron chi connectivity index (χ0n) is 9.04. The van der Waals surface area contributed by atoms with Gasteiger partial charge in [0.2, 0.25) is 0 Å². The molecule has 0 aliphatic rings. The van der Waals surface area contributed by atoms with Crippen LogP contribution in [0.2, 0.25) is 0 Å². The van der Waals surface area contributed by atoms with Crippen molar-refractivity contribution in [3.63, 3.8) is 0 Å². The zero-order valence-corrected chi connectivity index (χ0v) is 9.04. The maximum atomic E-state index is 5.73. The van der Waals surface area contributed by atoms with Crippen molar-refractivity contribution >= 4 is 5.82 Å². The molecule has 0 unspecified atom stereocenters. The molecule has 0 saturated carbocycles. The van der Waals surface area contributed by atoms with Gasteiger partial charge in [-0.1, -0.05) is 31.2 Å². The molecular weight excluding hydrogens is 186 g/mol. The molecule has 0 aliphatic heterocycles. The highest BCUT2D eigenvalue weighted by Crippen LogP contribution is 2.27. The van der Waals surface area contributed by atoms with Gasteiger partial charge >= 0.3 is 0 Å². The van der Waals surface area contributed by atoms with Gasteiger partial charge in [0.15, 0.2) is 0 Å². The molecule has 0 atom stereocenters. The number of H-pyrrole nitrogens is 1. The lowest BCUT2D eigenvalue weighted by Gasteiger charge is -2.06. The van der Waals surface area contributed by atoms with Crippen LogP contribution in [0.1, 0.15) is 18.1 Å². The Morgan fingerprint density at radius 3 is 2.67 bits per heavy atom. The number of aromatic nitrogens is 2. The minimum absolute atomic E-state index is 0.580. The summed E-state index contributed by atoms with van der Waals surface area (Å²) < 4.78 is 0. The number of benzene rings is 1. The highest BCUT2D eigenvalue weighted by atomic mass is 15.2. The molecule has 2 rings (SSSR count). The fourth-order valence-electron chi connectivity index (χ4n) is 1.75. The fraction of sp³-hybridized carbons (Fsp3) is 0.250. The lowest BCUT2D eigenvalue weighted by Crippen LogP contribution is -1.90. The zero-order chi connectivity index (χ0) is 10.8. The lowest BCUT2D eigenvalue weighted by atomic mass is 10.0. The SMILES string of the molecule is CCc1ccccc1-c1[nH]nc(N)c1C. The van der Waals surface area contributed by atoms with Gasteiger partial charge < -0.3 is 5.73 Å². The molecule has 1 aromatic carbocycles. The van der Waals surface area contributed by atoms with Crippen molar-refractivity contribution in [1.82, 2.24) is 10.2 Å². The monoisotopic (exact) mass is 201 g/mol. The summed E-state index contributed by atoms with van der Waals surface area (Å²) in [5, 5.41) is 7.01. The minimum Gasteiger partial charge on any atom is -0.382 e. The molecule has 0 aliphatic carbocycles. The van der Waals surface area contributed by atoms with Crippen LogP contribution in [-0.4, -0.2) is 10.2 Å². The first-order chi connectivity index (χ1) is 7.24. The van der Waals surface area contributed by atoms with Crippen LogP contribution in [0.3, 0.4) is 0 Å². The Morgan fingerprint density at radius 1 is 1.33 bits per heavy atom. The summed E-state index contributed by atoms with van der Waals surface area (Å²) in [5.41, 5.74) is 10.3. The van der Waals surface area contributed by atoms with E-state index in [1.165, 1.54) is 11.1 Å². The predicted octanol–water partition coefficient (Wildman–Crippen LogP) is 2.53. The Hall–Kier alpha value is -1.77. The summed E-state index contributed by atoms with van der Waals surface area (Å²) in [4.78, 5) is 0. The van der Waals surface area contributed by atoms with E-state index in [0.717, 1.165) is 17.7 Å². The summed E-state index contributed by atoms with van der Waals surface area (Å²) >= 11 is 0. The van der Waals surface area contributed by atoms with Gasteiger partial charge in [-0.2, -0.15) is 5.10 Å². The smallest absolute Gasteiger partial charge is 0.148 e. The van der Waals surface area contributed by atoms with Crippen molar-refractivity contribution in [2.45, 2.75) is 20.3 Å². The van der Waals surface area contributed by atoms with Gasteiger partial charge in [0.1, 0.15) is 5.82 Å². The molecule has 0 bridgehead atoms. The van der Waals surface area contributed by atoms with E-state index in [-0.39, 0.29) is 0 Å². The van der Waals surface area contributed by atoms with Gasteiger partial charge in [-0.25, -0.2) is 0 Å². The van der Waals surface area contributed by atoms with Gasteiger partial charge in [0.25, 0.3) is 0 Å². The molecule has 0 radical (unpaired) electrons. The molecule has 0 fully saturated rings. The Morgan fingerprint density at radius 2 is 2.07 bits per heavy atom. The summed E-state index contributed by atoms with van der Waals surface area (Å²) in [6.07, 6.45) is 1.01. The molecule has 3 nitrogen and oxygen atoms in total. The Labute approximate surface area is 89.3 Å². The van der Waals surface area contributed by atoms with Crippen LogP contribution in [0.5, 0.6) is 0 Å². The topological polar surface area (TPSA) is 54.7 Å². The van der Waals surface area contributed by atoms with Gasteiger partial charge in [-0.15, -0.1) is 0 Å². The van der Waals surface area contributed by atoms with Gasteiger partial charge in [-0.3, -0.25) is 5.10 Å². The molecule has 1 aromatic heterocycles. The third kappa shape index (κ3) is 1.61. The van der Waals surface area contributed by atoms with Crippen molar-refractivity contribution in [3.05, 3.63) is 35.4 Å². The molecule has 2 aromatic rings. The Kier molecular flexibility index (Phi) is 2.46. The van der Waals surface area contributed by atoms with E-state index in [1.807, 2.05) is 13.0 Å². The maximum absolute atomic E-state index is 5.73. The van der Waals surface area contributed by atoms with E-state index in [0.29, 0.717) is 5.82 Å². The summed E-state index contributed by atoms with van der Waals surface area (Å²) in [7, 11) is 0. The van der Waals surface area contributed by atoms with E-state index < -0.39 is 0 Å². The Bertz CT molecular complexity index is 471. The van der Waals surface area contributed by atoms with Crippen LogP contribution in [0.25, 0.3) is 11.3 Å². The molecule has 1 heterocycles. The first-order valence-corrected chi connectivity index (χ1v) is 5.12. The van der Waals surface area contributed by atoms with Crippen LogP contribution >= 0.6 is 0 Å². The first kappa shape index (κ1) is 9.77. The number of nitrogens with one attached hydrogen (secondary N) is 1. The first-order valence-electron chi connectivity index (χ1n) is 5.12. The van der Waals surface area contributed by atoms with Gasteiger partial charge in [0.05, 0.1) is 5.69 Å². The molecule has 0 saturated heterocycles. The number of hydrogen-bond acceptors (Lipinski definition) is 2. The van der Waals surface area contributed by atoms with Gasteiger partial charge in [-0.05, 0) is 18.9 Å². The fourth-order valence-corrected chi connectivity index (χ4v) is 1.75. The number of nitrogens with two attached hydrogens (primary N) is 1. The van der Waals surface area contributed by atoms with Crippen LogP contribution in [0.15, 0.2) is 24.3 Å². The van der Waals surface area contributed by atoms with E-state index in [1.54, 1.807) is 0 Å². The second-order valence-corrected chi connectivity index (χ2v) is 3.62. The molecule has 3 heteroatoms. The quantitative estimate of drug-likeness (QED) is 0.784. The third-order valence-corrected chi connectivity index (χ3v) is 2.71.